The van der Waals surface area contributed by atoms with Crippen LogP contribution in [0.2, 0.25) is 0 Å². The number of halogens is 3. The molecule has 0 spiro atoms. The van der Waals surface area contributed by atoms with Gasteiger partial charge in [-0.3, -0.25) is 0 Å². The number of hydrogen-bond donors (Lipinski definition) is 0. The Bertz CT molecular complexity index is 1390. The molecular weight excluding hydrogens is 465 g/mol. The first-order valence-electron chi connectivity index (χ1n) is 11.7. The number of fused-ring (bicyclic) bond motifs is 1. The zero-order chi connectivity index (χ0) is 25.8. The second-order valence-corrected chi connectivity index (χ2v) is 11.9. The van der Waals surface area contributed by atoms with Gasteiger partial charge in [-0.25, -0.2) is 9.55 Å². The van der Waals surface area contributed by atoms with Crippen molar-refractivity contribution in [3.05, 3.63) is 70.9 Å². The van der Waals surface area contributed by atoms with Crippen molar-refractivity contribution in [2.45, 2.75) is 59.6 Å². The molecule has 2 aromatic heterocycles. The predicted molar refractivity (Wildman–Crippen MR) is 139 cm³/mol. The van der Waals surface area contributed by atoms with Crippen LogP contribution in [-0.2, 0) is 18.9 Å². The SMILES string of the molecule is Cc1c(-c2cc(-c3nc(CC(C)(C)C(F)(F)F)cs3)cc[n+]2C)cc(C(C)(C)C)c2ccccc12. The summed E-state index contributed by atoms with van der Waals surface area (Å²) in [7, 11) is 2.02. The summed E-state index contributed by atoms with van der Waals surface area (Å²) >= 11 is 1.39. The Hall–Kier alpha value is -2.73. The van der Waals surface area contributed by atoms with Gasteiger partial charge in [-0.1, -0.05) is 58.9 Å². The quantitative estimate of drug-likeness (QED) is 0.260. The second kappa shape index (κ2) is 8.74. The smallest absolute Gasteiger partial charge is 0.241 e. The van der Waals surface area contributed by atoms with Crippen molar-refractivity contribution in [1.29, 1.82) is 0 Å². The van der Waals surface area contributed by atoms with E-state index in [9.17, 15) is 13.2 Å². The van der Waals surface area contributed by atoms with Crippen LogP contribution in [0.3, 0.4) is 0 Å². The number of alkyl halides is 3. The second-order valence-electron chi connectivity index (χ2n) is 11.0. The van der Waals surface area contributed by atoms with Gasteiger partial charge >= 0.3 is 6.18 Å². The summed E-state index contributed by atoms with van der Waals surface area (Å²) in [6.07, 6.45) is -2.42. The number of rotatable bonds is 4. The van der Waals surface area contributed by atoms with Crippen LogP contribution in [0.5, 0.6) is 0 Å². The molecule has 0 unspecified atom stereocenters. The topological polar surface area (TPSA) is 16.8 Å². The lowest BCUT2D eigenvalue weighted by atomic mass is 9.80. The molecule has 0 fully saturated rings. The van der Waals surface area contributed by atoms with Gasteiger partial charge in [0.15, 0.2) is 6.20 Å². The lowest BCUT2D eigenvalue weighted by Gasteiger charge is -2.26. The third-order valence-corrected chi connectivity index (χ3v) is 7.68. The van der Waals surface area contributed by atoms with E-state index in [4.69, 9.17) is 0 Å². The molecule has 0 aliphatic carbocycles. The molecule has 0 aliphatic heterocycles. The Morgan fingerprint density at radius 2 is 1.60 bits per heavy atom. The largest absolute Gasteiger partial charge is 0.394 e. The average molecular weight is 498 g/mol. The van der Waals surface area contributed by atoms with E-state index in [-0.39, 0.29) is 11.8 Å². The van der Waals surface area contributed by atoms with Crippen LogP contribution in [-0.4, -0.2) is 11.2 Å². The fourth-order valence-corrected chi connectivity index (χ4v) is 5.27. The number of hydrogen-bond acceptors (Lipinski definition) is 2. The fourth-order valence-electron chi connectivity index (χ4n) is 4.45. The van der Waals surface area contributed by atoms with Crippen molar-refractivity contribution in [2.24, 2.45) is 12.5 Å². The zero-order valence-corrected chi connectivity index (χ0v) is 22.2. The van der Waals surface area contributed by atoms with E-state index >= 15 is 0 Å². The summed E-state index contributed by atoms with van der Waals surface area (Å²) in [4.78, 5) is 4.58. The monoisotopic (exact) mass is 497 g/mol. The minimum Gasteiger partial charge on any atom is -0.241 e. The molecular formula is C29H32F3N2S+. The fraction of sp³-hybridized carbons (Fsp3) is 0.379. The van der Waals surface area contributed by atoms with E-state index in [0.717, 1.165) is 21.8 Å². The van der Waals surface area contributed by atoms with E-state index in [1.807, 2.05) is 19.3 Å². The van der Waals surface area contributed by atoms with Crippen LogP contribution >= 0.6 is 11.3 Å². The standard InChI is InChI=1S/C29H32F3N2S/c1-18-21-10-8-9-11-22(21)24(27(2,3)4)15-23(18)25-14-19(12-13-34(25)7)26-33-20(17-35-26)16-28(5,6)29(30,31)32/h8-15,17H,16H2,1-7H3/q+1. The van der Waals surface area contributed by atoms with Gasteiger partial charge in [0.2, 0.25) is 5.69 Å². The lowest BCUT2D eigenvalue weighted by Crippen LogP contribution is -2.34. The summed E-state index contributed by atoms with van der Waals surface area (Å²) in [5.74, 6) is 0. The normalized spacial score (nSPS) is 13.0. The molecule has 0 radical (unpaired) electrons. The summed E-state index contributed by atoms with van der Waals surface area (Å²) in [5.41, 5.74) is 4.20. The minimum atomic E-state index is -4.27. The number of nitrogens with zero attached hydrogens (tertiary/aromatic N) is 2. The highest BCUT2D eigenvalue weighted by Gasteiger charge is 2.47. The van der Waals surface area contributed by atoms with Crippen LogP contribution in [0.15, 0.2) is 54.0 Å². The van der Waals surface area contributed by atoms with Crippen LogP contribution in [0.1, 0.15) is 51.4 Å². The molecule has 0 saturated heterocycles. The van der Waals surface area contributed by atoms with Crippen LogP contribution in [0.4, 0.5) is 13.2 Å². The maximum atomic E-state index is 13.4. The molecule has 35 heavy (non-hydrogen) atoms. The van der Waals surface area contributed by atoms with Crippen molar-refractivity contribution in [3.63, 3.8) is 0 Å². The van der Waals surface area contributed by atoms with Crippen LogP contribution in [0.25, 0.3) is 32.6 Å². The number of benzene rings is 2. The molecule has 4 rings (SSSR count). The number of thiazole rings is 1. The maximum Gasteiger partial charge on any atom is 0.394 e. The molecule has 4 aromatic rings. The predicted octanol–water partition coefficient (Wildman–Crippen LogP) is 8.19. The van der Waals surface area contributed by atoms with Gasteiger partial charge in [-0.2, -0.15) is 13.2 Å². The van der Waals surface area contributed by atoms with Crippen LogP contribution in [0, 0.1) is 12.3 Å². The molecule has 0 bridgehead atoms. The highest BCUT2D eigenvalue weighted by molar-refractivity contribution is 7.13. The first kappa shape index (κ1) is 25.4. The summed E-state index contributed by atoms with van der Waals surface area (Å²) < 4.78 is 42.2. The Balaban J connectivity index is 1.81. The van der Waals surface area contributed by atoms with Crippen molar-refractivity contribution < 1.29 is 17.7 Å². The third kappa shape index (κ3) is 4.86. The highest BCUT2D eigenvalue weighted by Crippen LogP contribution is 2.41. The molecule has 184 valence electrons. The summed E-state index contributed by atoms with van der Waals surface area (Å²) in [6, 6.07) is 14.9. The average Bonchev–Trinajstić information content (AvgIpc) is 3.21. The zero-order valence-electron chi connectivity index (χ0n) is 21.3. The number of aromatic nitrogens is 2. The summed E-state index contributed by atoms with van der Waals surface area (Å²) in [5, 5.41) is 4.96. The Kier molecular flexibility index (Phi) is 6.33. The van der Waals surface area contributed by atoms with Gasteiger partial charge < -0.3 is 0 Å². The van der Waals surface area contributed by atoms with Gasteiger partial charge in [0.25, 0.3) is 0 Å². The van der Waals surface area contributed by atoms with E-state index in [1.165, 1.54) is 47.1 Å². The minimum absolute atomic E-state index is 0.0340. The van der Waals surface area contributed by atoms with Gasteiger partial charge in [0, 0.05) is 35.1 Å². The Morgan fingerprint density at radius 3 is 2.23 bits per heavy atom. The van der Waals surface area contributed by atoms with Gasteiger partial charge in [0.05, 0.1) is 11.1 Å². The maximum absolute atomic E-state index is 13.4. The first-order chi connectivity index (χ1) is 16.2. The van der Waals surface area contributed by atoms with E-state index < -0.39 is 11.6 Å². The first-order valence-corrected chi connectivity index (χ1v) is 12.6. The molecule has 2 heterocycles. The molecule has 6 heteroatoms. The Morgan fingerprint density at radius 1 is 0.943 bits per heavy atom. The molecule has 0 atom stereocenters. The molecule has 0 aliphatic rings. The van der Waals surface area contributed by atoms with Crippen molar-refractivity contribution >= 4 is 22.1 Å². The van der Waals surface area contributed by atoms with Crippen molar-refractivity contribution in [2.75, 3.05) is 0 Å². The molecule has 0 saturated carbocycles. The van der Waals surface area contributed by atoms with E-state index in [1.54, 1.807) is 5.38 Å². The van der Waals surface area contributed by atoms with Gasteiger partial charge in [0.1, 0.15) is 12.1 Å². The molecule has 0 N–H and O–H groups in total. The van der Waals surface area contributed by atoms with Crippen molar-refractivity contribution in [3.8, 4) is 21.8 Å². The number of aryl methyl sites for hydroxylation is 2. The van der Waals surface area contributed by atoms with E-state index in [0.29, 0.717) is 5.69 Å². The number of pyridine rings is 1. The van der Waals surface area contributed by atoms with Crippen LogP contribution < -0.4 is 4.57 Å². The molecule has 2 aromatic carbocycles. The van der Waals surface area contributed by atoms with E-state index in [2.05, 4.69) is 73.6 Å². The van der Waals surface area contributed by atoms with Crippen molar-refractivity contribution in [1.82, 2.24) is 4.98 Å². The van der Waals surface area contributed by atoms with Gasteiger partial charge in [-0.05, 0) is 40.3 Å². The third-order valence-electron chi connectivity index (χ3n) is 6.74. The highest BCUT2D eigenvalue weighted by atomic mass is 32.1. The van der Waals surface area contributed by atoms with Gasteiger partial charge in [-0.15, -0.1) is 11.3 Å². The summed E-state index contributed by atoms with van der Waals surface area (Å²) in [6.45, 7) is 11.3. The Labute approximate surface area is 209 Å². The molecule has 2 nitrogen and oxygen atoms in total. The lowest BCUT2D eigenvalue weighted by molar-refractivity contribution is -0.660. The molecule has 0 amide bonds.